The highest BCUT2D eigenvalue weighted by Gasteiger charge is 2.21. The number of nitrogens with one attached hydrogen (secondary N) is 1. The Hall–Kier alpha value is -3.78. The number of carbonyl (C=O) groups excluding carboxylic acids is 1. The topological polar surface area (TPSA) is 82.5 Å². The molecule has 0 bridgehead atoms. The molecule has 0 spiro atoms. The minimum atomic E-state index is -0.542. The number of thioether (sulfide) groups is 1. The zero-order chi connectivity index (χ0) is 23.4. The Labute approximate surface area is 195 Å². The molecule has 1 amide bonds. The van der Waals surface area contributed by atoms with Crippen molar-refractivity contribution in [3.05, 3.63) is 83.2 Å². The van der Waals surface area contributed by atoms with Crippen LogP contribution in [0.5, 0.6) is 11.5 Å². The van der Waals surface area contributed by atoms with Crippen LogP contribution < -0.4 is 20.3 Å². The number of ether oxygens (including phenoxy) is 2. The molecule has 0 saturated heterocycles. The molecule has 0 fully saturated rings. The third kappa shape index (κ3) is 4.70. The first-order valence-corrected chi connectivity index (χ1v) is 11.2. The molecule has 1 unspecified atom stereocenters. The van der Waals surface area contributed by atoms with Crippen LogP contribution in [0, 0.1) is 0 Å². The summed E-state index contributed by atoms with van der Waals surface area (Å²) >= 11 is 1.22. The van der Waals surface area contributed by atoms with E-state index in [-0.39, 0.29) is 11.5 Å². The monoisotopic (exact) mass is 461 g/mol. The average molecular weight is 462 g/mol. The van der Waals surface area contributed by atoms with Crippen LogP contribution in [0.3, 0.4) is 0 Å². The van der Waals surface area contributed by atoms with Crippen molar-refractivity contribution in [2.24, 2.45) is 0 Å². The molecule has 0 saturated carbocycles. The van der Waals surface area contributed by atoms with E-state index < -0.39 is 5.25 Å². The summed E-state index contributed by atoms with van der Waals surface area (Å²) < 4.78 is 12.1. The number of para-hydroxylation sites is 2. The van der Waals surface area contributed by atoms with Crippen LogP contribution in [-0.4, -0.2) is 34.9 Å². The quantitative estimate of drug-likeness (QED) is 0.322. The number of rotatable bonds is 7. The summed E-state index contributed by atoms with van der Waals surface area (Å²) in [5, 5.41) is 3.30. The smallest absolute Gasteiger partial charge is 0.266 e. The fourth-order valence-electron chi connectivity index (χ4n) is 3.34. The Morgan fingerprint density at radius 3 is 2.45 bits per heavy atom. The zero-order valence-corrected chi connectivity index (χ0v) is 19.3. The van der Waals surface area contributed by atoms with Crippen molar-refractivity contribution in [2.45, 2.75) is 17.3 Å². The summed E-state index contributed by atoms with van der Waals surface area (Å²) in [5.41, 5.74) is 1.62. The lowest BCUT2D eigenvalue weighted by Gasteiger charge is -2.17. The molecule has 1 atom stereocenters. The third-order valence-corrected chi connectivity index (χ3v) is 6.13. The number of methoxy groups -OCH3 is 2. The minimum absolute atomic E-state index is 0.182. The maximum Gasteiger partial charge on any atom is 0.266 e. The second-order valence-corrected chi connectivity index (χ2v) is 8.51. The maximum atomic E-state index is 13.3. The molecule has 8 heteroatoms. The van der Waals surface area contributed by atoms with E-state index in [2.05, 4.69) is 5.32 Å². The second-order valence-electron chi connectivity index (χ2n) is 7.20. The molecule has 0 aliphatic carbocycles. The van der Waals surface area contributed by atoms with Crippen molar-refractivity contribution >= 4 is 34.3 Å². The molecule has 168 valence electrons. The van der Waals surface area contributed by atoms with Gasteiger partial charge in [0.2, 0.25) is 5.91 Å². The molecule has 0 radical (unpaired) electrons. The van der Waals surface area contributed by atoms with Gasteiger partial charge in [0.1, 0.15) is 11.5 Å². The Balaban J connectivity index is 1.67. The molecule has 3 aromatic carbocycles. The van der Waals surface area contributed by atoms with Gasteiger partial charge in [0.25, 0.3) is 5.56 Å². The van der Waals surface area contributed by atoms with Gasteiger partial charge in [-0.25, -0.2) is 4.98 Å². The summed E-state index contributed by atoms with van der Waals surface area (Å²) in [6, 6.07) is 21.6. The average Bonchev–Trinajstić information content (AvgIpc) is 2.85. The molecular formula is C25H23N3O4S. The van der Waals surface area contributed by atoms with Crippen molar-refractivity contribution in [1.82, 2.24) is 9.55 Å². The Bertz CT molecular complexity index is 1360. The van der Waals surface area contributed by atoms with Gasteiger partial charge in [-0.2, -0.15) is 0 Å². The highest BCUT2D eigenvalue weighted by atomic mass is 32.2. The summed E-state index contributed by atoms with van der Waals surface area (Å²) in [4.78, 5) is 31.0. The number of nitrogens with zero attached hydrogens (tertiary/aromatic N) is 2. The van der Waals surface area contributed by atoms with Crippen molar-refractivity contribution in [3.8, 4) is 17.2 Å². The van der Waals surface area contributed by atoms with Crippen molar-refractivity contribution in [2.75, 3.05) is 19.5 Å². The Kier molecular flexibility index (Phi) is 6.65. The van der Waals surface area contributed by atoms with Gasteiger partial charge < -0.3 is 14.8 Å². The number of hydrogen-bond donors (Lipinski definition) is 1. The van der Waals surface area contributed by atoms with Crippen LogP contribution in [-0.2, 0) is 4.79 Å². The fourth-order valence-corrected chi connectivity index (χ4v) is 4.27. The molecule has 0 aliphatic heterocycles. The molecule has 4 aromatic rings. The van der Waals surface area contributed by atoms with Gasteiger partial charge >= 0.3 is 0 Å². The fraction of sp³-hybridized carbons (Fsp3) is 0.160. The SMILES string of the molecule is COc1ccc(NC(=O)C(C)Sc2nc3ccccc3c(=O)n2-c2ccccc2)c(OC)c1. The van der Waals surface area contributed by atoms with Crippen molar-refractivity contribution < 1.29 is 14.3 Å². The number of carbonyl (C=O) groups is 1. The molecular weight excluding hydrogens is 438 g/mol. The van der Waals surface area contributed by atoms with E-state index in [1.165, 1.54) is 18.9 Å². The van der Waals surface area contributed by atoms with E-state index >= 15 is 0 Å². The number of aromatic nitrogens is 2. The van der Waals surface area contributed by atoms with E-state index in [9.17, 15) is 9.59 Å². The van der Waals surface area contributed by atoms with E-state index in [4.69, 9.17) is 14.5 Å². The van der Waals surface area contributed by atoms with Gasteiger partial charge in [0.15, 0.2) is 5.16 Å². The number of fused-ring (bicyclic) bond motifs is 1. The van der Waals surface area contributed by atoms with Crippen LogP contribution in [0.25, 0.3) is 16.6 Å². The van der Waals surface area contributed by atoms with Crippen LogP contribution in [0.1, 0.15) is 6.92 Å². The lowest BCUT2D eigenvalue weighted by molar-refractivity contribution is -0.115. The number of benzene rings is 3. The molecule has 7 nitrogen and oxygen atoms in total. The molecule has 4 rings (SSSR count). The second kappa shape index (κ2) is 9.79. The van der Waals surface area contributed by atoms with E-state index in [0.717, 1.165) is 0 Å². The predicted octanol–water partition coefficient (Wildman–Crippen LogP) is 4.52. The summed E-state index contributed by atoms with van der Waals surface area (Å²) in [6.07, 6.45) is 0. The Morgan fingerprint density at radius 1 is 1.00 bits per heavy atom. The molecule has 1 N–H and O–H groups in total. The standard InChI is InChI=1S/C25H23N3O4S/c1-16(23(29)26-21-14-13-18(31-2)15-22(21)32-3)33-25-27-20-12-8-7-11-19(20)24(30)28(25)17-9-5-4-6-10-17/h4-16H,1-3H3,(H,26,29). The van der Waals surface area contributed by atoms with Crippen molar-refractivity contribution in [1.29, 1.82) is 0 Å². The van der Waals surface area contributed by atoms with E-state index in [1.54, 1.807) is 48.9 Å². The lowest BCUT2D eigenvalue weighted by Crippen LogP contribution is -2.26. The Morgan fingerprint density at radius 2 is 1.73 bits per heavy atom. The maximum absolute atomic E-state index is 13.3. The van der Waals surface area contributed by atoms with Gasteiger partial charge in [0, 0.05) is 6.07 Å². The van der Waals surface area contributed by atoms with Crippen LogP contribution in [0.15, 0.2) is 82.7 Å². The van der Waals surface area contributed by atoms with Gasteiger partial charge in [-0.3, -0.25) is 14.2 Å². The normalized spacial score (nSPS) is 11.7. The zero-order valence-electron chi connectivity index (χ0n) is 18.4. The van der Waals surface area contributed by atoms with Gasteiger partial charge in [-0.15, -0.1) is 0 Å². The van der Waals surface area contributed by atoms with Crippen LogP contribution >= 0.6 is 11.8 Å². The highest BCUT2D eigenvalue weighted by molar-refractivity contribution is 8.00. The van der Waals surface area contributed by atoms with Gasteiger partial charge in [-0.05, 0) is 43.3 Å². The molecule has 1 aromatic heterocycles. The molecule has 0 aliphatic rings. The van der Waals surface area contributed by atoms with Crippen molar-refractivity contribution in [3.63, 3.8) is 0 Å². The van der Waals surface area contributed by atoms with Gasteiger partial charge in [-0.1, -0.05) is 42.1 Å². The first-order chi connectivity index (χ1) is 16.0. The number of anilines is 1. The first kappa shape index (κ1) is 22.4. The minimum Gasteiger partial charge on any atom is -0.497 e. The van der Waals surface area contributed by atoms with Gasteiger partial charge in [0.05, 0.1) is 41.7 Å². The summed E-state index contributed by atoms with van der Waals surface area (Å²) in [7, 11) is 3.09. The van der Waals surface area contributed by atoms with E-state index in [0.29, 0.717) is 38.9 Å². The van der Waals surface area contributed by atoms with E-state index in [1.807, 2.05) is 42.5 Å². The third-order valence-electron chi connectivity index (χ3n) is 5.08. The summed E-state index contributed by atoms with van der Waals surface area (Å²) in [6.45, 7) is 1.77. The molecule has 33 heavy (non-hydrogen) atoms. The van der Waals surface area contributed by atoms with Crippen LogP contribution in [0.4, 0.5) is 5.69 Å². The predicted molar refractivity (Wildman–Crippen MR) is 131 cm³/mol. The first-order valence-electron chi connectivity index (χ1n) is 10.3. The van der Waals surface area contributed by atoms with Crippen LogP contribution in [0.2, 0.25) is 0 Å². The number of hydrogen-bond acceptors (Lipinski definition) is 6. The highest BCUT2D eigenvalue weighted by Crippen LogP contribution is 2.31. The number of amides is 1. The summed E-state index contributed by atoms with van der Waals surface area (Å²) in [5.74, 6) is 0.870. The molecule has 1 heterocycles. The largest absolute Gasteiger partial charge is 0.497 e. The lowest BCUT2D eigenvalue weighted by atomic mass is 10.2.